The van der Waals surface area contributed by atoms with Gasteiger partial charge in [0.25, 0.3) is 0 Å². The number of hydrogen-bond acceptors (Lipinski definition) is 8. The molecule has 2 aromatic rings. The van der Waals surface area contributed by atoms with E-state index < -0.39 is 24.4 Å². The zero-order chi connectivity index (χ0) is 27.6. The molecule has 12 heteroatoms. The normalized spacial score (nSPS) is 18.2. The molecule has 0 spiro atoms. The van der Waals surface area contributed by atoms with Gasteiger partial charge in [0.1, 0.15) is 12.6 Å². The second kappa shape index (κ2) is 13.4. The summed E-state index contributed by atoms with van der Waals surface area (Å²) < 4.78 is 18.6. The number of anilines is 2. The lowest BCUT2D eigenvalue weighted by Crippen LogP contribution is -2.50. The average Bonchev–Trinajstić information content (AvgIpc) is 2.94. The van der Waals surface area contributed by atoms with E-state index in [0.29, 0.717) is 44.9 Å². The third kappa shape index (κ3) is 8.32. The van der Waals surface area contributed by atoms with E-state index in [1.54, 1.807) is 24.3 Å². The van der Waals surface area contributed by atoms with Crippen LogP contribution in [-0.4, -0.2) is 67.6 Å². The zero-order valence-corrected chi connectivity index (χ0v) is 21.4. The number of nitrogens with zero attached hydrogens (tertiary/aromatic N) is 2. The quantitative estimate of drug-likeness (QED) is 0.305. The number of carboxylic acids is 1. The summed E-state index contributed by atoms with van der Waals surface area (Å²) in [5, 5.41) is 20.6. The monoisotopic (exact) mass is 540 g/mol. The smallest absolute Gasteiger partial charge is 0.408 e. The predicted molar refractivity (Wildman–Crippen MR) is 144 cm³/mol. The maximum absolute atomic E-state index is 13.5. The van der Waals surface area contributed by atoms with Crippen molar-refractivity contribution >= 4 is 35.3 Å². The van der Waals surface area contributed by atoms with Crippen molar-refractivity contribution in [3.05, 3.63) is 60.2 Å². The SMILES string of the molecule is O=C(N[C@@H](CNC(=O)C1CCN(c2cccc(NC3=NC(F)CCN3)c2)CC1)C(=O)O)OCc1ccccc1. The molecule has 2 aliphatic rings. The summed E-state index contributed by atoms with van der Waals surface area (Å²) in [4.78, 5) is 42.5. The first-order valence-electron chi connectivity index (χ1n) is 12.9. The van der Waals surface area contributed by atoms with E-state index >= 15 is 0 Å². The van der Waals surface area contributed by atoms with Gasteiger partial charge < -0.3 is 36.0 Å². The van der Waals surface area contributed by atoms with E-state index in [0.717, 1.165) is 16.9 Å². The van der Waals surface area contributed by atoms with Crippen molar-refractivity contribution in [3.8, 4) is 0 Å². The first-order chi connectivity index (χ1) is 18.9. The van der Waals surface area contributed by atoms with E-state index in [9.17, 15) is 23.9 Å². The minimum absolute atomic E-state index is 0.00659. The van der Waals surface area contributed by atoms with Crippen LogP contribution in [0.5, 0.6) is 0 Å². The minimum atomic E-state index is -1.32. The summed E-state index contributed by atoms with van der Waals surface area (Å²) in [5.74, 6) is -1.39. The number of alkyl carbamates (subject to hydrolysis) is 1. The van der Waals surface area contributed by atoms with Gasteiger partial charge in [-0.15, -0.1) is 0 Å². The largest absolute Gasteiger partial charge is 0.480 e. The van der Waals surface area contributed by atoms with Crippen molar-refractivity contribution in [2.75, 3.05) is 36.4 Å². The van der Waals surface area contributed by atoms with Gasteiger partial charge in [0.15, 0.2) is 12.3 Å². The lowest BCUT2D eigenvalue weighted by molar-refractivity contribution is -0.139. The van der Waals surface area contributed by atoms with Crippen LogP contribution in [0, 0.1) is 5.92 Å². The van der Waals surface area contributed by atoms with Crippen molar-refractivity contribution in [2.45, 2.75) is 38.2 Å². The van der Waals surface area contributed by atoms with Gasteiger partial charge in [-0.2, -0.15) is 0 Å². The van der Waals surface area contributed by atoms with Crippen LogP contribution in [0.25, 0.3) is 0 Å². The lowest BCUT2D eigenvalue weighted by atomic mass is 9.95. The van der Waals surface area contributed by atoms with E-state index in [2.05, 4.69) is 31.2 Å². The summed E-state index contributed by atoms with van der Waals surface area (Å²) in [5.41, 5.74) is 2.52. The zero-order valence-electron chi connectivity index (χ0n) is 21.4. The molecule has 2 aromatic carbocycles. The van der Waals surface area contributed by atoms with Gasteiger partial charge in [0.2, 0.25) is 5.91 Å². The number of aliphatic imine (C=N–C) groups is 1. The number of nitrogens with one attached hydrogen (secondary N) is 4. The highest BCUT2D eigenvalue weighted by Crippen LogP contribution is 2.26. The maximum Gasteiger partial charge on any atom is 0.408 e. The molecule has 0 bridgehead atoms. The van der Waals surface area contributed by atoms with Crippen molar-refractivity contribution in [1.82, 2.24) is 16.0 Å². The van der Waals surface area contributed by atoms with Gasteiger partial charge in [-0.3, -0.25) is 4.79 Å². The summed E-state index contributed by atoms with van der Waals surface area (Å²) in [6, 6.07) is 15.4. The number of benzene rings is 2. The molecule has 1 fully saturated rings. The molecule has 11 nitrogen and oxygen atoms in total. The van der Waals surface area contributed by atoms with Gasteiger partial charge in [-0.25, -0.2) is 19.0 Å². The Kier molecular flexibility index (Phi) is 9.54. The topological polar surface area (TPSA) is 144 Å². The van der Waals surface area contributed by atoms with E-state index in [4.69, 9.17) is 4.74 Å². The van der Waals surface area contributed by atoms with Crippen LogP contribution in [0.3, 0.4) is 0 Å². The average molecular weight is 541 g/mol. The highest BCUT2D eigenvalue weighted by molar-refractivity contribution is 5.94. The number of carbonyl (C=O) groups is 3. The molecule has 39 heavy (non-hydrogen) atoms. The molecule has 0 radical (unpaired) electrons. The lowest BCUT2D eigenvalue weighted by Gasteiger charge is -2.33. The fourth-order valence-corrected chi connectivity index (χ4v) is 4.41. The Morgan fingerprint density at radius 2 is 1.87 bits per heavy atom. The summed E-state index contributed by atoms with van der Waals surface area (Å²) in [6.45, 7) is 1.55. The second-order valence-electron chi connectivity index (χ2n) is 9.41. The number of rotatable bonds is 9. The number of ether oxygens (including phenoxy) is 1. The van der Waals surface area contributed by atoms with Crippen LogP contribution >= 0.6 is 0 Å². The Morgan fingerprint density at radius 3 is 2.59 bits per heavy atom. The summed E-state index contributed by atoms with van der Waals surface area (Å²) >= 11 is 0. The van der Waals surface area contributed by atoms with Gasteiger partial charge in [0, 0.05) is 49.9 Å². The molecule has 2 atom stereocenters. The molecule has 0 aromatic heterocycles. The van der Waals surface area contributed by atoms with Crippen LogP contribution in [0.1, 0.15) is 24.8 Å². The number of carbonyl (C=O) groups excluding carboxylic acids is 2. The minimum Gasteiger partial charge on any atom is -0.480 e. The predicted octanol–water partition coefficient (Wildman–Crippen LogP) is 2.46. The molecule has 2 aliphatic heterocycles. The molecule has 2 amide bonds. The summed E-state index contributed by atoms with van der Waals surface area (Å²) in [6.07, 6.45) is -0.557. The van der Waals surface area contributed by atoms with Crippen molar-refractivity contribution in [3.63, 3.8) is 0 Å². The van der Waals surface area contributed by atoms with Crippen molar-refractivity contribution in [1.29, 1.82) is 0 Å². The number of guanidine groups is 1. The van der Waals surface area contributed by atoms with E-state index in [1.165, 1.54) is 0 Å². The molecule has 0 saturated carbocycles. The molecule has 4 rings (SSSR count). The molecule has 0 aliphatic carbocycles. The van der Waals surface area contributed by atoms with Crippen LogP contribution in [0.2, 0.25) is 0 Å². The number of piperidine rings is 1. The van der Waals surface area contributed by atoms with E-state index in [1.807, 2.05) is 30.3 Å². The number of alkyl halides is 1. The second-order valence-corrected chi connectivity index (χ2v) is 9.41. The third-order valence-electron chi connectivity index (χ3n) is 6.57. The third-order valence-corrected chi connectivity index (χ3v) is 6.57. The van der Waals surface area contributed by atoms with Gasteiger partial charge in [-0.1, -0.05) is 36.4 Å². The molecule has 1 unspecified atom stereocenters. The molecule has 2 heterocycles. The number of amides is 2. The van der Waals surface area contributed by atoms with Crippen molar-refractivity contribution < 1.29 is 28.6 Å². The van der Waals surface area contributed by atoms with Gasteiger partial charge >= 0.3 is 12.1 Å². The first kappa shape index (κ1) is 27.7. The van der Waals surface area contributed by atoms with Gasteiger partial charge in [-0.05, 0) is 36.6 Å². The van der Waals surface area contributed by atoms with Crippen LogP contribution in [0.15, 0.2) is 59.6 Å². The Balaban J connectivity index is 1.22. The molecule has 5 N–H and O–H groups in total. The Bertz CT molecular complexity index is 1170. The Labute approximate surface area is 225 Å². The van der Waals surface area contributed by atoms with E-state index in [-0.39, 0.29) is 25.0 Å². The highest BCUT2D eigenvalue weighted by atomic mass is 19.1. The maximum atomic E-state index is 13.5. The Morgan fingerprint density at radius 1 is 1.10 bits per heavy atom. The number of aliphatic carboxylic acids is 1. The highest BCUT2D eigenvalue weighted by Gasteiger charge is 2.27. The number of halogens is 1. The first-order valence-corrected chi connectivity index (χ1v) is 12.9. The number of hydrogen-bond donors (Lipinski definition) is 5. The number of carboxylic acid groups (broad SMARTS) is 1. The fourth-order valence-electron chi connectivity index (χ4n) is 4.41. The fraction of sp³-hybridized carbons (Fsp3) is 0.407. The summed E-state index contributed by atoms with van der Waals surface area (Å²) in [7, 11) is 0. The molecule has 208 valence electrons. The van der Waals surface area contributed by atoms with Crippen LogP contribution in [-0.2, 0) is 20.9 Å². The van der Waals surface area contributed by atoms with Crippen LogP contribution in [0.4, 0.5) is 20.6 Å². The Hall–Kier alpha value is -4.35. The molecular weight excluding hydrogens is 507 g/mol. The molecular formula is C27H33FN6O5. The van der Waals surface area contributed by atoms with Crippen LogP contribution < -0.4 is 26.2 Å². The molecule has 1 saturated heterocycles. The van der Waals surface area contributed by atoms with Crippen molar-refractivity contribution in [2.24, 2.45) is 10.9 Å². The van der Waals surface area contributed by atoms with Gasteiger partial charge in [0.05, 0.1) is 0 Å². The standard InChI is InChI=1S/C27H33FN6O5/c28-23-9-12-29-26(33-23)31-20-7-4-8-21(15-20)34-13-10-19(11-14-34)24(35)30-16-22(25(36)37)32-27(38)39-17-18-5-2-1-3-6-18/h1-8,15,19,22-23H,9-14,16-17H2,(H,30,35)(H,32,38)(H,36,37)(H2,29,31,33)/t22-,23?/m0/s1.